The van der Waals surface area contributed by atoms with E-state index in [1.807, 2.05) is 24.7 Å². The normalized spacial score (nSPS) is 15.6. The molecule has 1 N–H and O–H groups in total. The van der Waals surface area contributed by atoms with E-state index < -0.39 is 0 Å². The second-order valence-corrected chi connectivity index (χ2v) is 9.57. The minimum absolute atomic E-state index is 0.225. The molecule has 5 heterocycles. The predicted molar refractivity (Wildman–Crippen MR) is 131 cm³/mol. The third-order valence-corrected chi connectivity index (χ3v) is 6.82. The summed E-state index contributed by atoms with van der Waals surface area (Å²) in [7, 11) is 1.64. The molecule has 0 aromatic carbocycles. The maximum atomic E-state index is 5.55. The van der Waals surface area contributed by atoms with Gasteiger partial charge >= 0.3 is 0 Å². The van der Waals surface area contributed by atoms with Crippen LogP contribution in [-0.4, -0.2) is 65.9 Å². The number of aromatic amines is 1. The van der Waals surface area contributed by atoms with E-state index in [9.17, 15) is 0 Å². The Labute approximate surface area is 199 Å². The van der Waals surface area contributed by atoms with Gasteiger partial charge in [0.25, 0.3) is 0 Å². The van der Waals surface area contributed by atoms with Gasteiger partial charge in [0.15, 0.2) is 11.4 Å². The van der Waals surface area contributed by atoms with Crippen molar-refractivity contribution in [3.05, 3.63) is 42.2 Å². The van der Waals surface area contributed by atoms with Gasteiger partial charge in [0.2, 0.25) is 0 Å². The average molecular weight is 461 g/mol. The highest BCUT2D eigenvalue weighted by Crippen LogP contribution is 2.36. The Bertz CT molecular complexity index is 1270. The van der Waals surface area contributed by atoms with Crippen LogP contribution in [-0.2, 0) is 0 Å². The molecule has 1 aliphatic rings. The Balaban J connectivity index is 1.45. The Morgan fingerprint density at radius 1 is 1.06 bits per heavy atom. The summed E-state index contributed by atoms with van der Waals surface area (Å²) in [5, 5.41) is 12.2. The van der Waals surface area contributed by atoms with E-state index in [0.29, 0.717) is 23.4 Å². The summed E-state index contributed by atoms with van der Waals surface area (Å²) in [6.45, 7) is 11.1. The Morgan fingerprint density at radius 2 is 1.85 bits per heavy atom. The lowest BCUT2D eigenvalue weighted by atomic mass is 9.93. The van der Waals surface area contributed by atoms with Gasteiger partial charge in [0, 0.05) is 35.5 Å². The first-order chi connectivity index (χ1) is 16.5. The molecule has 5 rings (SSSR count). The number of nitrogens with zero attached hydrogens (tertiary/aromatic N) is 7. The monoisotopic (exact) mass is 460 g/mol. The van der Waals surface area contributed by atoms with Gasteiger partial charge in [-0.05, 0) is 51.8 Å². The standard InChI is InChI=1S/C25H32N8O/c1-15(2)22-23(18-10-21(34-5)25-28-14-29-33(25)13-18)30-31-24(22)20-12-26-19(11-27-20)17-6-8-32(9-7-17)16(3)4/h10-17H,6-9H2,1-5H3,(H,30,31). The zero-order valence-electron chi connectivity index (χ0n) is 20.5. The number of hydrogen-bond acceptors (Lipinski definition) is 7. The van der Waals surface area contributed by atoms with Crippen LogP contribution in [0.3, 0.4) is 0 Å². The van der Waals surface area contributed by atoms with Gasteiger partial charge in [0.05, 0.1) is 24.7 Å². The van der Waals surface area contributed by atoms with E-state index >= 15 is 0 Å². The molecule has 4 aromatic heterocycles. The molecule has 0 atom stereocenters. The minimum Gasteiger partial charge on any atom is -0.493 e. The number of pyridine rings is 1. The van der Waals surface area contributed by atoms with E-state index in [-0.39, 0.29) is 5.92 Å². The SMILES string of the molecule is COc1cc(-c2[nH]nc(-c3cnc(C4CCN(C(C)C)CC4)cn3)c2C(C)C)cn2ncnc12. The molecule has 9 heteroatoms. The summed E-state index contributed by atoms with van der Waals surface area (Å²) < 4.78 is 7.27. The van der Waals surface area contributed by atoms with Crippen LogP contribution in [0, 0.1) is 0 Å². The fourth-order valence-corrected chi connectivity index (χ4v) is 4.89. The summed E-state index contributed by atoms with van der Waals surface area (Å²) in [6, 6.07) is 2.56. The smallest absolute Gasteiger partial charge is 0.197 e. The summed E-state index contributed by atoms with van der Waals surface area (Å²) in [6.07, 6.45) is 9.52. The second kappa shape index (κ2) is 9.13. The fourth-order valence-electron chi connectivity index (χ4n) is 4.89. The molecule has 0 unspecified atom stereocenters. The van der Waals surface area contributed by atoms with Crippen molar-refractivity contribution in [2.75, 3.05) is 20.2 Å². The molecule has 0 saturated carbocycles. The van der Waals surface area contributed by atoms with Crippen LogP contribution in [0.25, 0.3) is 28.3 Å². The summed E-state index contributed by atoms with van der Waals surface area (Å²) >= 11 is 0. The summed E-state index contributed by atoms with van der Waals surface area (Å²) in [5.74, 6) is 1.36. The van der Waals surface area contributed by atoms with Gasteiger partial charge in [-0.25, -0.2) is 9.50 Å². The Morgan fingerprint density at radius 3 is 2.50 bits per heavy atom. The second-order valence-electron chi connectivity index (χ2n) is 9.57. The van der Waals surface area contributed by atoms with Gasteiger partial charge in [0.1, 0.15) is 17.7 Å². The molecule has 1 aliphatic heterocycles. The highest BCUT2D eigenvalue weighted by atomic mass is 16.5. The molecule has 0 aliphatic carbocycles. The van der Waals surface area contributed by atoms with Crippen molar-refractivity contribution in [3.8, 4) is 28.4 Å². The molecular formula is C25H32N8O. The molecule has 0 bridgehead atoms. The molecule has 0 amide bonds. The van der Waals surface area contributed by atoms with Crippen LogP contribution < -0.4 is 4.74 Å². The number of hydrogen-bond donors (Lipinski definition) is 1. The van der Waals surface area contributed by atoms with Crippen LogP contribution in [0.5, 0.6) is 5.75 Å². The van der Waals surface area contributed by atoms with Gasteiger partial charge in [-0.2, -0.15) is 10.2 Å². The van der Waals surface area contributed by atoms with Crippen molar-refractivity contribution in [1.82, 2.24) is 39.7 Å². The van der Waals surface area contributed by atoms with Crippen molar-refractivity contribution in [2.45, 2.75) is 58.4 Å². The van der Waals surface area contributed by atoms with Gasteiger partial charge in [-0.15, -0.1) is 0 Å². The molecule has 9 nitrogen and oxygen atoms in total. The van der Waals surface area contributed by atoms with Crippen LogP contribution in [0.15, 0.2) is 31.0 Å². The third kappa shape index (κ3) is 4.04. The van der Waals surface area contributed by atoms with E-state index in [0.717, 1.165) is 59.8 Å². The summed E-state index contributed by atoms with van der Waals surface area (Å²) in [5.41, 5.74) is 6.31. The molecule has 1 fully saturated rings. The lowest BCUT2D eigenvalue weighted by Crippen LogP contribution is -2.38. The van der Waals surface area contributed by atoms with Gasteiger partial charge < -0.3 is 9.64 Å². The first-order valence-corrected chi connectivity index (χ1v) is 12.0. The van der Waals surface area contributed by atoms with Crippen molar-refractivity contribution in [1.29, 1.82) is 0 Å². The number of rotatable bonds is 6. The molecule has 4 aromatic rings. The molecule has 0 radical (unpaired) electrons. The number of likely N-dealkylation sites (tertiary alicyclic amines) is 1. The zero-order chi connectivity index (χ0) is 23.8. The first-order valence-electron chi connectivity index (χ1n) is 12.0. The maximum Gasteiger partial charge on any atom is 0.197 e. The first kappa shape index (κ1) is 22.5. The number of fused-ring (bicyclic) bond motifs is 1. The number of piperidine rings is 1. The number of nitrogens with one attached hydrogen (secondary N) is 1. The molecule has 34 heavy (non-hydrogen) atoms. The third-order valence-electron chi connectivity index (χ3n) is 6.82. The topological polar surface area (TPSA) is 97.1 Å². The van der Waals surface area contributed by atoms with Crippen molar-refractivity contribution in [3.63, 3.8) is 0 Å². The number of H-pyrrole nitrogens is 1. The Kier molecular flexibility index (Phi) is 6.03. The molecule has 1 saturated heterocycles. The van der Waals surface area contributed by atoms with Crippen LogP contribution in [0.1, 0.15) is 63.6 Å². The van der Waals surface area contributed by atoms with Gasteiger partial charge in [-0.1, -0.05) is 13.8 Å². The maximum absolute atomic E-state index is 5.55. The van der Waals surface area contributed by atoms with Crippen molar-refractivity contribution in [2.24, 2.45) is 0 Å². The molecule has 178 valence electrons. The van der Waals surface area contributed by atoms with Crippen molar-refractivity contribution >= 4 is 5.65 Å². The van der Waals surface area contributed by atoms with Crippen molar-refractivity contribution < 1.29 is 4.74 Å². The number of aromatic nitrogens is 7. The fraction of sp³-hybridized carbons (Fsp3) is 0.480. The quantitative estimate of drug-likeness (QED) is 0.458. The summed E-state index contributed by atoms with van der Waals surface area (Å²) in [4.78, 5) is 16.4. The largest absolute Gasteiger partial charge is 0.493 e. The lowest BCUT2D eigenvalue weighted by molar-refractivity contribution is 0.170. The van der Waals surface area contributed by atoms with E-state index in [1.54, 1.807) is 11.6 Å². The highest BCUT2D eigenvalue weighted by Gasteiger charge is 2.25. The van der Waals surface area contributed by atoms with E-state index in [2.05, 4.69) is 52.9 Å². The highest BCUT2D eigenvalue weighted by molar-refractivity contribution is 5.75. The van der Waals surface area contributed by atoms with Crippen LogP contribution in [0.2, 0.25) is 0 Å². The Hall–Kier alpha value is -3.33. The van der Waals surface area contributed by atoms with E-state index in [4.69, 9.17) is 14.7 Å². The number of ether oxygens (including phenoxy) is 1. The van der Waals surface area contributed by atoms with Crippen LogP contribution in [0.4, 0.5) is 0 Å². The van der Waals surface area contributed by atoms with Gasteiger partial charge in [-0.3, -0.25) is 15.1 Å². The minimum atomic E-state index is 0.225. The molecular weight excluding hydrogens is 428 g/mol. The van der Waals surface area contributed by atoms with E-state index in [1.165, 1.54) is 6.33 Å². The lowest BCUT2D eigenvalue weighted by Gasteiger charge is -2.34. The number of methoxy groups -OCH3 is 1. The molecule has 0 spiro atoms. The van der Waals surface area contributed by atoms with Crippen LogP contribution >= 0.6 is 0 Å². The average Bonchev–Trinajstić information content (AvgIpc) is 3.51. The zero-order valence-corrected chi connectivity index (χ0v) is 20.5. The predicted octanol–water partition coefficient (Wildman–Crippen LogP) is 4.30.